The first-order valence-electron chi connectivity index (χ1n) is 14.6. The average molecular weight is 556 g/mol. The fourth-order valence-corrected chi connectivity index (χ4v) is 4.87. The zero-order chi connectivity index (χ0) is 29.9. The van der Waals surface area contributed by atoms with Crippen molar-refractivity contribution in [1.29, 1.82) is 0 Å². The molecular weight excluding hydrogens is 510 g/mol. The topological polar surface area (TPSA) is 9.72 Å². The third kappa shape index (κ3) is 10.4. The highest BCUT2D eigenvalue weighted by Gasteiger charge is 2.00. The number of nitrogens with zero attached hydrogens (tertiary/aromatic N) is 3. The van der Waals surface area contributed by atoms with Crippen LogP contribution < -0.4 is 0 Å². The van der Waals surface area contributed by atoms with Crippen LogP contribution in [0.4, 0.5) is 0 Å². The highest BCUT2D eigenvalue weighted by molar-refractivity contribution is 5.78. The van der Waals surface area contributed by atoms with Crippen LogP contribution in [0.15, 0.2) is 91.0 Å². The van der Waals surface area contributed by atoms with E-state index in [1.807, 2.05) is 0 Å². The summed E-state index contributed by atoms with van der Waals surface area (Å²) in [6, 6.07) is 33.2. The van der Waals surface area contributed by atoms with Gasteiger partial charge in [0.2, 0.25) is 0 Å². The first-order chi connectivity index (χ1) is 20.2. The first kappa shape index (κ1) is 30.9. The molecule has 4 aromatic rings. The summed E-state index contributed by atoms with van der Waals surface area (Å²) in [7, 11) is 12.6. The Bertz CT molecular complexity index is 1290. The lowest BCUT2D eigenvalue weighted by molar-refractivity contribution is 0.402. The van der Waals surface area contributed by atoms with Gasteiger partial charge in [0.25, 0.3) is 0 Å². The van der Waals surface area contributed by atoms with E-state index in [0.29, 0.717) is 0 Å². The van der Waals surface area contributed by atoms with E-state index in [2.05, 4.69) is 184 Å². The lowest BCUT2D eigenvalue weighted by Crippen LogP contribution is -2.10. The molecule has 4 aromatic carbocycles. The molecule has 0 amide bonds. The molecule has 0 aliphatic rings. The van der Waals surface area contributed by atoms with Gasteiger partial charge in [-0.2, -0.15) is 0 Å². The molecule has 3 heteroatoms. The number of hydrogen-bond acceptors (Lipinski definition) is 3. The predicted molar refractivity (Wildman–Crippen MR) is 185 cm³/mol. The molecule has 0 fully saturated rings. The third-order valence-corrected chi connectivity index (χ3v) is 6.84. The van der Waals surface area contributed by atoms with Gasteiger partial charge < -0.3 is 14.7 Å². The molecule has 0 atom stereocenters. The van der Waals surface area contributed by atoms with E-state index in [4.69, 9.17) is 0 Å². The first-order valence-corrected chi connectivity index (χ1v) is 14.6. The van der Waals surface area contributed by atoms with Crippen molar-refractivity contribution in [1.82, 2.24) is 14.7 Å². The van der Waals surface area contributed by atoms with Crippen LogP contribution in [0.25, 0.3) is 36.5 Å². The van der Waals surface area contributed by atoms with Crippen LogP contribution in [0.2, 0.25) is 0 Å². The smallest absolute Gasteiger partial charge is 0.0227 e. The van der Waals surface area contributed by atoms with Crippen molar-refractivity contribution in [2.24, 2.45) is 0 Å². The summed E-state index contributed by atoms with van der Waals surface area (Å²) < 4.78 is 0. The molecule has 0 radical (unpaired) electrons. The van der Waals surface area contributed by atoms with Crippen molar-refractivity contribution in [3.05, 3.63) is 141 Å². The Labute approximate surface area is 253 Å². The largest absolute Gasteiger partial charge is 0.305 e. The lowest BCUT2D eigenvalue weighted by Gasteiger charge is -2.09. The second-order valence-corrected chi connectivity index (χ2v) is 11.9. The quantitative estimate of drug-likeness (QED) is 0.163. The Kier molecular flexibility index (Phi) is 11.2. The van der Waals surface area contributed by atoms with E-state index in [1.54, 1.807) is 0 Å². The van der Waals surface area contributed by atoms with Gasteiger partial charge in [0.1, 0.15) is 0 Å². The van der Waals surface area contributed by atoms with Gasteiger partial charge in [0.05, 0.1) is 0 Å². The summed E-state index contributed by atoms with van der Waals surface area (Å²) in [4.78, 5) is 6.57. The van der Waals surface area contributed by atoms with E-state index in [0.717, 1.165) is 19.6 Å². The third-order valence-electron chi connectivity index (χ3n) is 6.84. The van der Waals surface area contributed by atoms with E-state index in [1.165, 1.54) is 50.1 Å². The molecule has 0 aliphatic carbocycles. The van der Waals surface area contributed by atoms with Gasteiger partial charge >= 0.3 is 0 Å². The van der Waals surface area contributed by atoms with Gasteiger partial charge in [-0.3, -0.25) is 0 Å². The molecule has 0 aromatic heterocycles. The molecule has 216 valence electrons. The summed E-state index contributed by atoms with van der Waals surface area (Å²) in [6.45, 7) is 2.85. The van der Waals surface area contributed by atoms with Crippen molar-refractivity contribution in [3.63, 3.8) is 0 Å². The molecule has 0 unspecified atom stereocenters. The van der Waals surface area contributed by atoms with Crippen molar-refractivity contribution in [2.75, 3.05) is 42.3 Å². The monoisotopic (exact) mass is 555 g/mol. The Morgan fingerprint density at radius 1 is 0.333 bits per heavy atom. The van der Waals surface area contributed by atoms with Crippen LogP contribution in [0.5, 0.6) is 0 Å². The minimum atomic E-state index is 0.949. The minimum absolute atomic E-state index is 0.949. The molecule has 0 heterocycles. The minimum Gasteiger partial charge on any atom is -0.305 e. The van der Waals surface area contributed by atoms with Crippen molar-refractivity contribution in [2.45, 2.75) is 19.6 Å². The Hall–Kier alpha value is -4.02. The summed E-state index contributed by atoms with van der Waals surface area (Å²) in [5, 5.41) is 0. The summed E-state index contributed by atoms with van der Waals surface area (Å²) in [5.74, 6) is 0. The van der Waals surface area contributed by atoms with E-state index in [9.17, 15) is 0 Å². The molecule has 0 saturated carbocycles. The Morgan fingerprint density at radius 3 is 0.762 bits per heavy atom. The van der Waals surface area contributed by atoms with Gasteiger partial charge in [-0.25, -0.2) is 0 Å². The van der Waals surface area contributed by atoms with Crippen LogP contribution in [0.1, 0.15) is 50.1 Å². The molecule has 0 bridgehead atoms. The van der Waals surface area contributed by atoms with Crippen LogP contribution in [0, 0.1) is 0 Å². The van der Waals surface area contributed by atoms with Gasteiger partial charge in [0.15, 0.2) is 0 Å². The summed E-state index contributed by atoms with van der Waals surface area (Å²) >= 11 is 0. The molecule has 0 spiro atoms. The molecule has 0 saturated heterocycles. The molecule has 42 heavy (non-hydrogen) atoms. The van der Waals surface area contributed by atoms with Crippen LogP contribution in [-0.2, 0) is 19.6 Å². The molecule has 3 nitrogen and oxygen atoms in total. The zero-order valence-corrected chi connectivity index (χ0v) is 26.1. The maximum atomic E-state index is 2.25. The van der Waals surface area contributed by atoms with Crippen molar-refractivity contribution < 1.29 is 0 Å². The fourth-order valence-electron chi connectivity index (χ4n) is 4.87. The molecular formula is C39H45N3. The maximum absolute atomic E-state index is 2.25. The molecule has 0 N–H and O–H groups in total. The van der Waals surface area contributed by atoms with E-state index >= 15 is 0 Å². The zero-order valence-electron chi connectivity index (χ0n) is 26.1. The highest BCUT2D eigenvalue weighted by atomic mass is 15.1. The number of hydrogen-bond donors (Lipinski definition) is 0. The number of rotatable bonds is 12. The van der Waals surface area contributed by atoms with Gasteiger partial charge in [0, 0.05) is 19.6 Å². The van der Waals surface area contributed by atoms with E-state index in [-0.39, 0.29) is 0 Å². The second-order valence-electron chi connectivity index (χ2n) is 11.9. The van der Waals surface area contributed by atoms with Gasteiger partial charge in [-0.1, -0.05) is 109 Å². The fraction of sp³-hybridized carbons (Fsp3) is 0.231. The second kappa shape index (κ2) is 15.3. The van der Waals surface area contributed by atoms with Gasteiger partial charge in [-0.05, 0) is 111 Å². The van der Waals surface area contributed by atoms with Crippen LogP contribution in [-0.4, -0.2) is 57.0 Å². The Balaban J connectivity index is 1.57. The van der Waals surface area contributed by atoms with Crippen LogP contribution >= 0.6 is 0 Å². The normalized spacial score (nSPS) is 12.2. The lowest BCUT2D eigenvalue weighted by atomic mass is 10.0. The SMILES string of the molecule is CN(C)Cc1ccc(/C=C/c2cc(/C=C/c3ccc(CN(C)C)cc3)cc(/C=C/c3ccc(CN(C)C)cc3)c2)cc1. The van der Waals surface area contributed by atoms with E-state index < -0.39 is 0 Å². The number of benzene rings is 4. The summed E-state index contributed by atoms with van der Waals surface area (Å²) in [5.41, 5.74) is 11.1. The predicted octanol–water partition coefficient (Wildman–Crippen LogP) is 8.38. The Morgan fingerprint density at radius 2 is 0.548 bits per heavy atom. The molecule has 0 aliphatic heterocycles. The highest BCUT2D eigenvalue weighted by Crippen LogP contribution is 2.20. The van der Waals surface area contributed by atoms with Crippen molar-refractivity contribution in [3.8, 4) is 0 Å². The van der Waals surface area contributed by atoms with Crippen molar-refractivity contribution >= 4 is 36.5 Å². The van der Waals surface area contributed by atoms with Gasteiger partial charge in [-0.15, -0.1) is 0 Å². The average Bonchev–Trinajstić information content (AvgIpc) is 2.95. The molecule has 4 rings (SSSR count). The maximum Gasteiger partial charge on any atom is 0.0227 e. The standard InChI is InChI=1S/C39H45N3/c1-40(2)28-34-16-7-31(8-17-34)13-22-37-25-38(23-14-32-9-18-35(19-10-32)29-41(3)4)27-39(26-37)24-15-33-11-20-36(21-12-33)30-42(5)6/h7-27H,28-30H2,1-6H3/b22-13+,23-14+,24-15+. The summed E-state index contributed by atoms with van der Waals surface area (Å²) in [6.07, 6.45) is 13.2. The van der Waals surface area contributed by atoms with Crippen LogP contribution in [0.3, 0.4) is 0 Å².